The van der Waals surface area contributed by atoms with Gasteiger partial charge in [0.25, 0.3) is 0 Å². The molecule has 2 atom stereocenters. The third-order valence-corrected chi connectivity index (χ3v) is 6.52. The maximum Gasteiger partial charge on any atom is 0.243 e. The van der Waals surface area contributed by atoms with E-state index in [4.69, 9.17) is 17.3 Å². The summed E-state index contributed by atoms with van der Waals surface area (Å²) in [6.07, 6.45) is 0. The highest BCUT2D eigenvalue weighted by Gasteiger charge is 2.34. The predicted octanol–water partition coefficient (Wildman–Crippen LogP) is 1.94. The van der Waals surface area contributed by atoms with Crippen LogP contribution >= 0.6 is 11.6 Å². The number of sulfonamides is 1. The van der Waals surface area contributed by atoms with E-state index in [0.717, 1.165) is 0 Å². The zero-order chi connectivity index (χ0) is 15.9. The Hall–Kier alpha value is -0.820. The number of hydrogen-bond donors (Lipinski definition) is 1. The number of anilines is 1. The maximum absolute atomic E-state index is 12.8. The van der Waals surface area contributed by atoms with Gasteiger partial charge in [0.2, 0.25) is 10.0 Å². The van der Waals surface area contributed by atoms with Crippen LogP contribution in [-0.2, 0) is 10.0 Å². The van der Waals surface area contributed by atoms with Crippen molar-refractivity contribution in [1.29, 1.82) is 0 Å². The van der Waals surface area contributed by atoms with Crippen molar-refractivity contribution in [2.24, 2.45) is 0 Å². The van der Waals surface area contributed by atoms with Crippen molar-refractivity contribution in [2.75, 3.05) is 25.9 Å². The minimum Gasteiger partial charge on any atom is -0.398 e. The third kappa shape index (κ3) is 3.04. The molecule has 0 aliphatic carbocycles. The number of rotatable bonds is 2. The topological polar surface area (TPSA) is 66.6 Å². The average molecular weight is 332 g/mol. The molecule has 2 rings (SSSR count). The van der Waals surface area contributed by atoms with E-state index in [1.807, 2.05) is 20.9 Å². The van der Waals surface area contributed by atoms with Crippen LogP contribution in [-0.4, -0.2) is 49.8 Å². The maximum atomic E-state index is 12.8. The summed E-state index contributed by atoms with van der Waals surface area (Å²) in [5.74, 6) is 0. The second-order valence-electron chi connectivity index (χ2n) is 5.80. The van der Waals surface area contributed by atoms with Crippen molar-refractivity contribution in [3.8, 4) is 0 Å². The van der Waals surface area contributed by atoms with Gasteiger partial charge in [-0.3, -0.25) is 4.90 Å². The van der Waals surface area contributed by atoms with E-state index >= 15 is 0 Å². The molecule has 0 radical (unpaired) electrons. The fourth-order valence-electron chi connectivity index (χ4n) is 2.52. The number of nitrogens with two attached hydrogens (primary N) is 1. The molecule has 1 heterocycles. The molecule has 1 aromatic rings. The molecule has 0 aromatic heterocycles. The van der Waals surface area contributed by atoms with Gasteiger partial charge in [-0.1, -0.05) is 11.6 Å². The fourth-order valence-corrected chi connectivity index (χ4v) is 4.48. The highest BCUT2D eigenvalue weighted by Crippen LogP contribution is 2.29. The molecule has 7 heteroatoms. The van der Waals surface area contributed by atoms with E-state index in [1.54, 1.807) is 6.92 Å². The largest absolute Gasteiger partial charge is 0.398 e. The van der Waals surface area contributed by atoms with Crippen LogP contribution in [0.1, 0.15) is 19.4 Å². The van der Waals surface area contributed by atoms with E-state index in [2.05, 4.69) is 4.90 Å². The first-order chi connectivity index (χ1) is 9.64. The van der Waals surface area contributed by atoms with Gasteiger partial charge in [0.05, 0.1) is 4.90 Å². The highest BCUT2D eigenvalue weighted by molar-refractivity contribution is 7.89. The van der Waals surface area contributed by atoms with Crippen molar-refractivity contribution >= 4 is 27.3 Å². The van der Waals surface area contributed by atoms with E-state index in [0.29, 0.717) is 29.4 Å². The molecule has 1 aliphatic heterocycles. The number of benzene rings is 1. The van der Waals surface area contributed by atoms with Crippen molar-refractivity contribution in [1.82, 2.24) is 9.21 Å². The Labute approximate surface area is 131 Å². The first kappa shape index (κ1) is 16.5. The van der Waals surface area contributed by atoms with Gasteiger partial charge in [0, 0.05) is 35.9 Å². The molecular weight excluding hydrogens is 310 g/mol. The average Bonchev–Trinajstić information content (AvgIpc) is 2.40. The Kier molecular flexibility index (Phi) is 4.54. The lowest BCUT2D eigenvalue weighted by Gasteiger charge is -2.41. The lowest BCUT2D eigenvalue weighted by atomic mass is 10.1. The molecule has 5 nitrogen and oxygen atoms in total. The Morgan fingerprint density at radius 3 is 2.24 bits per heavy atom. The molecule has 1 fully saturated rings. The summed E-state index contributed by atoms with van der Waals surface area (Å²) in [7, 11) is -1.56. The Morgan fingerprint density at radius 1 is 1.24 bits per heavy atom. The van der Waals surface area contributed by atoms with Crippen LogP contribution in [0.4, 0.5) is 5.69 Å². The monoisotopic (exact) mass is 331 g/mol. The minimum absolute atomic E-state index is 0.166. The van der Waals surface area contributed by atoms with Crippen LogP contribution in [0.2, 0.25) is 5.02 Å². The fraction of sp³-hybridized carbons (Fsp3) is 0.571. The molecule has 2 N–H and O–H groups in total. The Balaban J connectivity index is 2.39. The zero-order valence-electron chi connectivity index (χ0n) is 12.8. The molecule has 1 aromatic carbocycles. The van der Waals surface area contributed by atoms with Crippen molar-refractivity contribution in [3.63, 3.8) is 0 Å². The number of likely N-dealkylation sites (N-methyl/N-ethyl adjacent to an activating group) is 1. The Morgan fingerprint density at radius 2 is 1.76 bits per heavy atom. The van der Waals surface area contributed by atoms with Crippen molar-refractivity contribution < 1.29 is 8.42 Å². The summed E-state index contributed by atoms with van der Waals surface area (Å²) < 4.78 is 27.1. The lowest BCUT2D eigenvalue weighted by Crippen LogP contribution is -2.56. The van der Waals surface area contributed by atoms with Crippen LogP contribution in [0.15, 0.2) is 17.0 Å². The molecule has 1 saturated heterocycles. The van der Waals surface area contributed by atoms with Crippen LogP contribution in [0.5, 0.6) is 0 Å². The SMILES string of the molecule is Cc1c(N)cc(S(=O)(=O)N2CC(C)N(C)C(C)C2)cc1Cl. The standard InChI is InChI=1S/C14H22ClN3O2S/c1-9-7-18(8-10(2)17(9)4)21(19,20)12-5-13(15)11(3)14(16)6-12/h5-6,9-10H,7-8,16H2,1-4H3. The lowest BCUT2D eigenvalue weighted by molar-refractivity contribution is 0.105. The molecule has 118 valence electrons. The molecule has 0 amide bonds. The van der Waals surface area contributed by atoms with Crippen molar-refractivity contribution in [2.45, 2.75) is 37.8 Å². The molecule has 2 unspecified atom stereocenters. The first-order valence-electron chi connectivity index (χ1n) is 6.92. The summed E-state index contributed by atoms with van der Waals surface area (Å²) in [4.78, 5) is 2.35. The van der Waals surface area contributed by atoms with Crippen LogP contribution in [0, 0.1) is 6.92 Å². The molecular formula is C14H22ClN3O2S. The molecule has 0 spiro atoms. The second-order valence-corrected chi connectivity index (χ2v) is 8.15. The van der Waals surface area contributed by atoms with Gasteiger partial charge in [-0.05, 0) is 45.5 Å². The third-order valence-electron chi connectivity index (χ3n) is 4.32. The van der Waals surface area contributed by atoms with Gasteiger partial charge in [-0.15, -0.1) is 0 Å². The normalized spacial score (nSPS) is 25.2. The number of halogens is 1. The first-order valence-corrected chi connectivity index (χ1v) is 8.74. The smallest absolute Gasteiger partial charge is 0.243 e. The van der Waals surface area contributed by atoms with Gasteiger partial charge >= 0.3 is 0 Å². The molecule has 1 aliphatic rings. The zero-order valence-corrected chi connectivity index (χ0v) is 14.4. The van der Waals surface area contributed by atoms with E-state index in [-0.39, 0.29) is 17.0 Å². The summed E-state index contributed by atoms with van der Waals surface area (Å²) in [5, 5.41) is 0.379. The molecule has 21 heavy (non-hydrogen) atoms. The highest BCUT2D eigenvalue weighted by atomic mass is 35.5. The summed E-state index contributed by atoms with van der Waals surface area (Å²) in [6.45, 7) is 6.75. The number of piperazine rings is 1. The van der Waals surface area contributed by atoms with Crippen molar-refractivity contribution in [3.05, 3.63) is 22.7 Å². The molecule has 0 saturated carbocycles. The van der Waals surface area contributed by atoms with Gasteiger partial charge < -0.3 is 5.73 Å². The van der Waals surface area contributed by atoms with Crippen LogP contribution in [0.25, 0.3) is 0 Å². The second kappa shape index (κ2) is 5.76. The van der Waals surface area contributed by atoms with Crippen LogP contribution < -0.4 is 5.73 Å². The van der Waals surface area contributed by atoms with Gasteiger partial charge in [0.15, 0.2) is 0 Å². The van der Waals surface area contributed by atoms with Crippen LogP contribution in [0.3, 0.4) is 0 Å². The quantitative estimate of drug-likeness (QED) is 0.841. The van der Waals surface area contributed by atoms with E-state index < -0.39 is 10.0 Å². The minimum atomic E-state index is -3.57. The number of hydrogen-bond acceptors (Lipinski definition) is 4. The van der Waals surface area contributed by atoms with Gasteiger partial charge in [-0.25, -0.2) is 8.42 Å². The number of nitrogens with zero attached hydrogens (tertiary/aromatic N) is 2. The predicted molar refractivity (Wildman–Crippen MR) is 86.0 cm³/mol. The Bertz CT molecular complexity index is 613. The van der Waals surface area contributed by atoms with Gasteiger partial charge in [-0.2, -0.15) is 4.31 Å². The van der Waals surface area contributed by atoms with E-state index in [1.165, 1.54) is 16.4 Å². The summed E-state index contributed by atoms with van der Waals surface area (Å²) in [5.41, 5.74) is 6.95. The van der Waals surface area contributed by atoms with E-state index in [9.17, 15) is 8.42 Å². The summed E-state index contributed by atoms with van der Waals surface area (Å²) in [6, 6.07) is 3.31. The summed E-state index contributed by atoms with van der Waals surface area (Å²) >= 11 is 6.07. The molecule has 0 bridgehead atoms. The van der Waals surface area contributed by atoms with Gasteiger partial charge in [0.1, 0.15) is 0 Å². The number of nitrogen functional groups attached to an aromatic ring is 1.